The third kappa shape index (κ3) is 2.10. The molecule has 2 N–H and O–H groups in total. The molecular formula is C23H18O4. The molecule has 0 saturated heterocycles. The Morgan fingerprint density at radius 1 is 0.667 bits per heavy atom. The van der Waals surface area contributed by atoms with Crippen molar-refractivity contribution in [1.29, 1.82) is 0 Å². The van der Waals surface area contributed by atoms with Crippen molar-refractivity contribution in [2.24, 2.45) is 0 Å². The Balaban J connectivity index is 2.19. The minimum absolute atomic E-state index is 0.301. The summed E-state index contributed by atoms with van der Waals surface area (Å²) in [6, 6.07) is 25.2. The Labute approximate surface area is 156 Å². The van der Waals surface area contributed by atoms with Crippen molar-refractivity contribution in [2.45, 2.75) is 17.3 Å². The van der Waals surface area contributed by atoms with E-state index in [1.165, 1.54) is 0 Å². The van der Waals surface area contributed by atoms with E-state index in [1.54, 1.807) is 12.1 Å². The van der Waals surface area contributed by atoms with Crippen LogP contribution in [0.4, 0.5) is 0 Å². The van der Waals surface area contributed by atoms with Crippen LogP contribution in [-0.4, -0.2) is 22.2 Å². The molecule has 0 radical (unpaired) electrons. The van der Waals surface area contributed by atoms with Crippen LogP contribution in [0.3, 0.4) is 0 Å². The first-order valence-corrected chi connectivity index (χ1v) is 8.71. The molecular weight excluding hydrogens is 340 g/mol. The number of carbonyl (C=O) groups is 2. The Morgan fingerprint density at radius 3 is 1.59 bits per heavy atom. The SMILES string of the molecule is O=C(O)C1(C(=O)O)c2ccccc2CC1(c1ccccc1)c1ccccc1. The first-order chi connectivity index (χ1) is 13.0. The summed E-state index contributed by atoms with van der Waals surface area (Å²) < 4.78 is 0. The summed E-state index contributed by atoms with van der Waals surface area (Å²) in [5.41, 5.74) is -0.925. The quantitative estimate of drug-likeness (QED) is 0.699. The Kier molecular flexibility index (Phi) is 3.84. The maximum absolute atomic E-state index is 12.7. The van der Waals surface area contributed by atoms with Crippen molar-refractivity contribution < 1.29 is 19.8 Å². The molecule has 0 heterocycles. The van der Waals surface area contributed by atoms with Gasteiger partial charge in [0.25, 0.3) is 0 Å². The molecule has 4 heteroatoms. The van der Waals surface area contributed by atoms with Crippen LogP contribution in [0.5, 0.6) is 0 Å². The van der Waals surface area contributed by atoms with Gasteiger partial charge in [0.15, 0.2) is 0 Å². The molecule has 0 spiro atoms. The number of carboxylic acids is 2. The zero-order valence-corrected chi connectivity index (χ0v) is 14.5. The lowest BCUT2D eigenvalue weighted by Crippen LogP contribution is -2.58. The number of carboxylic acid groups (broad SMARTS) is 2. The van der Waals surface area contributed by atoms with Crippen molar-refractivity contribution in [3.63, 3.8) is 0 Å². The zero-order valence-electron chi connectivity index (χ0n) is 14.5. The van der Waals surface area contributed by atoms with E-state index in [1.807, 2.05) is 72.8 Å². The summed E-state index contributed by atoms with van der Waals surface area (Å²) in [6.07, 6.45) is 0.301. The van der Waals surface area contributed by atoms with Crippen LogP contribution in [0.1, 0.15) is 22.3 Å². The van der Waals surface area contributed by atoms with Gasteiger partial charge < -0.3 is 10.2 Å². The molecule has 1 aliphatic rings. The molecule has 3 aromatic rings. The van der Waals surface area contributed by atoms with Crippen molar-refractivity contribution in [2.75, 3.05) is 0 Å². The topological polar surface area (TPSA) is 74.6 Å². The highest BCUT2D eigenvalue weighted by molar-refractivity contribution is 6.09. The average Bonchev–Trinajstić information content (AvgIpc) is 3.02. The normalized spacial score (nSPS) is 16.4. The zero-order chi connectivity index (χ0) is 19.1. The summed E-state index contributed by atoms with van der Waals surface area (Å²) in [5, 5.41) is 20.7. The van der Waals surface area contributed by atoms with Crippen LogP contribution in [0.25, 0.3) is 0 Å². The van der Waals surface area contributed by atoms with Crippen LogP contribution in [0, 0.1) is 0 Å². The highest BCUT2D eigenvalue weighted by Crippen LogP contribution is 2.57. The molecule has 0 aromatic heterocycles. The van der Waals surface area contributed by atoms with Crippen LogP contribution in [0.2, 0.25) is 0 Å². The molecule has 4 nitrogen and oxygen atoms in total. The standard InChI is InChI=1S/C23H18O4/c24-20(25)23(21(26)27)19-14-8-7-9-16(19)15-22(23,17-10-3-1-4-11-17)18-12-5-2-6-13-18/h1-14H,15H2,(H,24,25)(H,26,27). The lowest BCUT2D eigenvalue weighted by molar-refractivity contribution is -0.160. The molecule has 0 unspecified atom stereocenters. The van der Waals surface area contributed by atoms with Crippen LogP contribution in [0.15, 0.2) is 84.9 Å². The van der Waals surface area contributed by atoms with E-state index in [2.05, 4.69) is 0 Å². The van der Waals surface area contributed by atoms with E-state index < -0.39 is 22.8 Å². The van der Waals surface area contributed by atoms with Crippen LogP contribution < -0.4 is 0 Å². The Bertz CT molecular complexity index is 955. The Hall–Kier alpha value is -3.40. The second-order valence-electron chi connectivity index (χ2n) is 6.83. The van der Waals surface area contributed by atoms with Gasteiger partial charge in [-0.3, -0.25) is 9.59 Å². The number of fused-ring (bicyclic) bond motifs is 1. The lowest BCUT2D eigenvalue weighted by Gasteiger charge is -2.41. The summed E-state index contributed by atoms with van der Waals surface area (Å²) in [6.45, 7) is 0. The minimum Gasteiger partial charge on any atom is -0.480 e. The largest absolute Gasteiger partial charge is 0.480 e. The van der Waals surface area contributed by atoms with Gasteiger partial charge in [-0.25, -0.2) is 0 Å². The van der Waals surface area contributed by atoms with Crippen LogP contribution in [-0.2, 0) is 26.8 Å². The third-order valence-corrected chi connectivity index (χ3v) is 5.69. The number of hydrogen-bond donors (Lipinski definition) is 2. The number of aliphatic carboxylic acids is 2. The van der Waals surface area contributed by atoms with E-state index in [9.17, 15) is 19.8 Å². The minimum atomic E-state index is -2.12. The molecule has 0 bridgehead atoms. The van der Waals surface area contributed by atoms with Gasteiger partial charge in [0, 0.05) is 0 Å². The number of benzene rings is 3. The van der Waals surface area contributed by atoms with E-state index in [4.69, 9.17) is 0 Å². The second-order valence-corrected chi connectivity index (χ2v) is 6.83. The van der Waals surface area contributed by atoms with E-state index in [-0.39, 0.29) is 0 Å². The molecule has 0 aliphatic heterocycles. The van der Waals surface area contributed by atoms with Crippen molar-refractivity contribution >= 4 is 11.9 Å². The van der Waals surface area contributed by atoms with Gasteiger partial charge in [-0.15, -0.1) is 0 Å². The summed E-state index contributed by atoms with van der Waals surface area (Å²) in [7, 11) is 0. The van der Waals surface area contributed by atoms with Gasteiger partial charge in [0.2, 0.25) is 5.41 Å². The maximum Gasteiger partial charge on any atom is 0.326 e. The van der Waals surface area contributed by atoms with Crippen LogP contribution >= 0.6 is 0 Å². The molecule has 134 valence electrons. The van der Waals surface area contributed by atoms with Crippen molar-refractivity contribution in [3.05, 3.63) is 107 Å². The molecule has 27 heavy (non-hydrogen) atoms. The monoisotopic (exact) mass is 358 g/mol. The smallest absolute Gasteiger partial charge is 0.326 e. The van der Waals surface area contributed by atoms with Gasteiger partial charge in [0.05, 0.1) is 5.41 Å². The summed E-state index contributed by atoms with van der Waals surface area (Å²) in [5.74, 6) is -2.71. The highest BCUT2D eigenvalue weighted by atomic mass is 16.4. The maximum atomic E-state index is 12.7. The van der Waals surface area contributed by atoms with E-state index in [0.29, 0.717) is 23.1 Å². The molecule has 4 rings (SSSR count). The van der Waals surface area contributed by atoms with Gasteiger partial charge in [-0.1, -0.05) is 84.9 Å². The van der Waals surface area contributed by atoms with Gasteiger partial charge >= 0.3 is 11.9 Å². The molecule has 0 amide bonds. The molecule has 0 saturated carbocycles. The molecule has 0 fully saturated rings. The van der Waals surface area contributed by atoms with E-state index in [0.717, 1.165) is 5.56 Å². The fourth-order valence-electron chi connectivity index (χ4n) is 4.62. The first kappa shape index (κ1) is 17.0. The third-order valence-electron chi connectivity index (χ3n) is 5.69. The lowest BCUT2D eigenvalue weighted by atomic mass is 9.57. The van der Waals surface area contributed by atoms with Gasteiger partial charge in [-0.2, -0.15) is 0 Å². The molecule has 1 aliphatic carbocycles. The first-order valence-electron chi connectivity index (χ1n) is 8.71. The molecule has 3 aromatic carbocycles. The second kappa shape index (κ2) is 6.09. The van der Waals surface area contributed by atoms with Gasteiger partial charge in [0.1, 0.15) is 0 Å². The van der Waals surface area contributed by atoms with E-state index >= 15 is 0 Å². The fourth-order valence-corrected chi connectivity index (χ4v) is 4.62. The predicted molar refractivity (Wildman–Crippen MR) is 101 cm³/mol. The van der Waals surface area contributed by atoms with Crippen molar-refractivity contribution in [1.82, 2.24) is 0 Å². The Morgan fingerprint density at radius 2 is 1.11 bits per heavy atom. The fraction of sp³-hybridized carbons (Fsp3) is 0.130. The number of hydrogen-bond acceptors (Lipinski definition) is 2. The average molecular weight is 358 g/mol. The van der Waals surface area contributed by atoms with Gasteiger partial charge in [-0.05, 0) is 28.7 Å². The van der Waals surface area contributed by atoms with Crippen molar-refractivity contribution in [3.8, 4) is 0 Å². The highest BCUT2D eigenvalue weighted by Gasteiger charge is 2.69. The predicted octanol–water partition coefficient (Wildman–Crippen LogP) is 3.64. The summed E-state index contributed by atoms with van der Waals surface area (Å²) in [4.78, 5) is 25.4. The number of rotatable bonds is 4. The molecule has 0 atom stereocenters. The summed E-state index contributed by atoms with van der Waals surface area (Å²) >= 11 is 0.